The van der Waals surface area contributed by atoms with Gasteiger partial charge in [-0.25, -0.2) is 19.2 Å². The number of ether oxygens (including phenoxy) is 1. The van der Waals surface area contributed by atoms with E-state index in [0.717, 1.165) is 6.08 Å². The van der Waals surface area contributed by atoms with Crippen molar-refractivity contribution in [1.29, 1.82) is 0 Å². The Balaban J connectivity index is 1.77. The smallest absolute Gasteiger partial charge is 0.341 e. The van der Waals surface area contributed by atoms with Crippen LogP contribution in [-0.4, -0.2) is 103 Å². The number of amides is 1. The van der Waals surface area contributed by atoms with Crippen LogP contribution >= 0.6 is 0 Å². The molecule has 3 heterocycles. The Bertz CT molecular complexity index is 1230. The van der Waals surface area contributed by atoms with E-state index in [9.17, 15) is 23.9 Å². The van der Waals surface area contributed by atoms with Gasteiger partial charge in [-0.15, -0.1) is 0 Å². The molecule has 1 saturated heterocycles. The van der Waals surface area contributed by atoms with Crippen LogP contribution in [0.3, 0.4) is 0 Å². The zero-order chi connectivity index (χ0) is 28.5. The Labute approximate surface area is 225 Å². The molecule has 0 saturated carbocycles. The number of hydrogen-bond acceptors (Lipinski definition) is 8. The number of aliphatic carboxylic acids is 1. The predicted octanol–water partition coefficient (Wildman–Crippen LogP) is 1.82. The van der Waals surface area contributed by atoms with Gasteiger partial charge in [0.05, 0.1) is 38.0 Å². The molecule has 0 spiro atoms. The maximum Gasteiger partial charge on any atom is 0.341 e. The topological polar surface area (TPSA) is 149 Å². The van der Waals surface area contributed by atoms with Crippen LogP contribution in [0.1, 0.15) is 13.8 Å². The van der Waals surface area contributed by atoms with E-state index in [1.165, 1.54) is 30.7 Å². The average Bonchev–Trinajstić information content (AvgIpc) is 2.88. The number of carbonyl (C=O) groups excluding carboxylic acids is 2. The molecule has 1 aromatic rings. The minimum absolute atomic E-state index is 0.0213. The number of Topliss-reactive ketones (excluding diaryl/α,β-unsaturated/α-hetero) is 1. The second-order valence-electron chi connectivity index (χ2n) is 9.15. The first-order valence-electron chi connectivity index (χ1n) is 12.3. The lowest BCUT2D eigenvalue weighted by Gasteiger charge is -2.37. The molecule has 0 atom stereocenters. The lowest BCUT2D eigenvalue weighted by atomic mass is 9.97. The number of hydrogen-bond donors (Lipinski definition) is 2. The summed E-state index contributed by atoms with van der Waals surface area (Å²) >= 11 is 0. The Morgan fingerprint density at radius 2 is 2.08 bits per heavy atom. The van der Waals surface area contributed by atoms with Crippen molar-refractivity contribution in [3.8, 4) is 5.75 Å². The molecule has 0 unspecified atom stereocenters. The van der Waals surface area contributed by atoms with Crippen molar-refractivity contribution in [2.75, 3.05) is 52.5 Å². The number of aromatic nitrogens is 1. The number of halogens is 1. The number of amidine groups is 1. The summed E-state index contributed by atoms with van der Waals surface area (Å²) in [7, 11) is 3.10. The van der Waals surface area contributed by atoms with Gasteiger partial charge in [0, 0.05) is 32.0 Å². The van der Waals surface area contributed by atoms with E-state index in [2.05, 4.69) is 25.3 Å². The van der Waals surface area contributed by atoms with E-state index < -0.39 is 24.0 Å². The first-order valence-corrected chi connectivity index (χ1v) is 12.3. The van der Waals surface area contributed by atoms with Crippen molar-refractivity contribution in [2.45, 2.75) is 13.8 Å². The number of carboxylic acids is 1. The molecular formula is C26H32FN7O5. The molecule has 0 radical (unpaired) electrons. The summed E-state index contributed by atoms with van der Waals surface area (Å²) in [4.78, 5) is 57.4. The summed E-state index contributed by atoms with van der Waals surface area (Å²) in [5.41, 5.74) is 0.0369. The summed E-state index contributed by atoms with van der Waals surface area (Å²) in [6.45, 7) is 3.93. The first-order chi connectivity index (χ1) is 18.7. The molecule has 0 bridgehead atoms. The lowest BCUT2D eigenvalue weighted by Crippen LogP contribution is -2.52. The molecule has 1 fully saturated rings. The van der Waals surface area contributed by atoms with E-state index in [4.69, 9.17) is 4.74 Å². The molecule has 39 heavy (non-hydrogen) atoms. The van der Waals surface area contributed by atoms with Crippen LogP contribution in [0.2, 0.25) is 0 Å². The maximum atomic E-state index is 13.4. The Morgan fingerprint density at radius 1 is 1.33 bits per heavy atom. The number of likely N-dealkylation sites (tertiary alicyclic amines) is 1. The van der Waals surface area contributed by atoms with Gasteiger partial charge in [0.25, 0.3) is 0 Å². The van der Waals surface area contributed by atoms with Gasteiger partial charge in [0.15, 0.2) is 0 Å². The summed E-state index contributed by atoms with van der Waals surface area (Å²) in [5.74, 6) is -1.61. The largest absolute Gasteiger partial charge is 0.495 e. The van der Waals surface area contributed by atoms with Crippen LogP contribution in [0.4, 0.5) is 10.2 Å². The van der Waals surface area contributed by atoms with Gasteiger partial charge in [0.1, 0.15) is 36.0 Å². The van der Waals surface area contributed by atoms with Crippen molar-refractivity contribution in [3.05, 3.63) is 41.8 Å². The molecular weight excluding hydrogens is 509 g/mol. The Hall–Kier alpha value is -4.26. The highest BCUT2D eigenvalue weighted by molar-refractivity contribution is 6.36. The second kappa shape index (κ2) is 13.5. The molecule has 1 amide bonds. The van der Waals surface area contributed by atoms with E-state index in [-0.39, 0.29) is 42.4 Å². The van der Waals surface area contributed by atoms with Gasteiger partial charge in [0.2, 0.25) is 11.7 Å². The number of ketones is 1. The molecule has 1 aromatic heterocycles. The number of aliphatic imine (C=N–C) groups is 3. The number of carboxylic acid groups (broad SMARTS) is 1. The van der Waals surface area contributed by atoms with Crippen LogP contribution in [0, 0.1) is 11.8 Å². The van der Waals surface area contributed by atoms with E-state index >= 15 is 0 Å². The number of allylic oxidation sites excluding steroid dienone is 1. The molecule has 0 aromatic carbocycles. The number of alkyl halides is 1. The number of methoxy groups -OCH3 is 1. The fraction of sp³-hybridized carbons (Fsp3) is 0.423. The van der Waals surface area contributed by atoms with Gasteiger partial charge in [-0.1, -0.05) is 13.8 Å². The third-order valence-corrected chi connectivity index (χ3v) is 6.11. The molecule has 2 aliphatic heterocycles. The van der Waals surface area contributed by atoms with Crippen molar-refractivity contribution in [3.63, 3.8) is 0 Å². The zero-order valence-corrected chi connectivity index (χ0v) is 22.3. The molecule has 2 aliphatic rings. The van der Waals surface area contributed by atoms with Gasteiger partial charge in [-0.05, 0) is 24.1 Å². The SMILES string of the molecule is C/N=C\N=C(\CN1C=C(C(=O)O)C(=O)C(=C/CF)/C1=N\CN1CC(C(=O)Nc2ccc(OC)cn2)C1)C(C)C. The van der Waals surface area contributed by atoms with E-state index in [0.29, 0.717) is 30.4 Å². The minimum atomic E-state index is -1.42. The van der Waals surface area contributed by atoms with Crippen molar-refractivity contribution in [1.82, 2.24) is 14.8 Å². The fourth-order valence-corrected chi connectivity index (χ4v) is 3.89. The monoisotopic (exact) mass is 541 g/mol. The fourth-order valence-electron chi connectivity index (χ4n) is 3.89. The predicted molar refractivity (Wildman–Crippen MR) is 145 cm³/mol. The van der Waals surface area contributed by atoms with Crippen molar-refractivity contribution < 1.29 is 28.6 Å². The molecule has 2 N–H and O–H groups in total. The second-order valence-corrected chi connectivity index (χ2v) is 9.15. The van der Waals surface area contributed by atoms with Crippen LogP contribution < -0.4 is 10.1 Å². The summed E-state index contributed by atoms with van der Waals surface area (Å²) in [6.07, 6.45) is 5.12. The Morgan fingerprint density at radius 3 is 2.64 bits per heavy atom. The van der Waals surface area contributed by atoms with E-state index in [1.807, 2.05) is 18.7 Å². The third-order valence-electron chi connectivity index (χ3n) is 6.11. The number of nitrogens with zero attached hydrogens (tertiary/aromatic N) is 6. The van der Waals surface area contributed by atoms with Crippen molar-refractivity contribution >= 4 is 41.4 Å². The highest BCUT2D eigenvalue weighted by Crippen LogP contribution is 2.23. The number of nitrogens with one attached hydrogen (secondary N) is 1. The normalized spacial score (nSPS) is 19.1. The Kier molecular flexibility index (Phi) is 10.1. The van der Waals surface area contributed by atoms with Crippen molar-refractivity contribution in [2.24, 2.45) is 26.8 Å². The van der Waals surface area contributed by atoms with Gasteiger partial charge in [-0.3, -0.25) is 24.5 Å². The molecule has 208 valence electrons. The summed E-state index contributed by atoms with van der Waals surface area (Å²) < 4.78 is 18.5. The van der Waals surface area contributed by atoms with Gasteiger partial charge < -0.3 is 20.1 Å². The maximum absolute atomic E-state index is 13.4. The van der Waals surface area contributed by atoms with Crippen LogP contribution in [0.5, 0.6) is 5.75 Å². The number of rotatable bonds is 11. The highest BCUT2D eigenvalue weighted by atomic mass is 19.1. The van der Waals surface area contributed by atoms with E-state index in [1.54, 1.807) is 19.2 Å². The van der Waals surface area contributed by atoms with Gasteiger partial charge in [-0.2, -0.15) is 0 Å². The van der Waals surface area contributed by atoms with Crippen LogP contribution in [0.15, 0.2) is 56.7 Å². The average molecular weight is 542 g/mol. The number of anilines is 1. The zero-order valence-electron chi connectivity index (χ0n) is 22.3. The first kappa shape index (κ1) is 29.3. The number of carbonyl (C=O) groups is 3. The molecule has 12 nitrogen and oxygen atoms in total. The quantitative estimate of drug-likeness (QED) is 0.187. The third kappa shape index (κ3) is 7.41. The molecule has 3 rings (SSSR count). The molecule has 0 aliphatic carbocycles. The summed E-state index contributed by atoms with van der Waals surface area (Å²) in [6, 6.07) is 3.34. The van der Waals surface area contributed by atoms with Crippen LogP contribution in [-0.2, 0) is 14.4 Å². The summed E-state index contributed by atoms with van der Waals surface area (Å²) in [5, 5.41) is 12.3. The van der Waals surface area contributed by atoms with Gasteiger partial charge >= 0.3 is 5.97 Å². The highest BCUT2D eigenvalue weighted by Gasteiger charge is 2.36. The number of pyridine rings is 1. The van der Waals surface area contributed by atoms with Crippen LogP contribution in [0.25, 0.3) is 0 Å². The minimum Gasteiger partial charge on any atom is -0.495 e. The lowest BCUT2D eigenvalue weighted by molar-refractivity contribution is -0.134. The standard InChI is InChI=1S/C26H32FN7O5/c1-16(2)21(30-14-28-3)13-34-12-20(26(37)38)23(35)19(7-8-27)24(34)31-15-33-10-17(11-33)25(36)32-22-6-5-18(39-4)9-29-22/h5-7,9,12,14,16-17H,8,10-11,13,15H2,1-4H3,(H,37,38)(H,29,32,36)/b19-7-,28-14-,30-21-,31-24+. The molecule has 13 heteroatoms.